The highest BCUT2D eigenvalue weighted by molar-refractivity contribution is 5.90. The molecular formula is C10H16N4O2. The molecule has 1 saturated heterocycles. The molecule has 1 aliphatic heterocycles. The standard InChI is InChI=1S/C10H16N4O2/c1-16-8-6-11-3-2-7(8)14-10(15)9-12-4-5-13-9/h4-5,7-8,11H,2-3,6H2,1H3,(H,12,13)(H,14,15). The largest absolute Gasteiger partial charge is 0.378 e. The lowest BCUT2D eigenvalue weighted by atomic mass is 10.0. The van der Waals surface area contributed by atoms with Crippen LogP contribution < -0.4 is 10.6 Å². The van der Waals surface area contributed by atoms with Crippen LogP contribution in [0.15, 0.2) is 12.4 Å². The maximum atomic E-state index is 11.8. The van der Waals surface area contributed by atoms with Crippen molar-refractivity contribution in [1.29, 1.82) is 0 Å². The van der Waals surface area contributed by atoms with Crippen LogP contribution in [0, 0.1) is 0 Å². The van der Waals surface area contributed by atoms with Crippen molar-refractivity contribution < 1.29 is 9.53 Å². The molecule has 88 valence electrons. The van der Waals surface area contributed by atoms with Crippen molar-refractivity contribution in [1.82, 2.24) is 20.6 Å². The van der Waals surface area contributed by atoms with Crippen LogP contribution in [-0.2, 0) is 4.74 Å². The van der Waals surface area contributed by atoms with Crippen LogP contribution in [0.5, 0.6) is 0 Å². The predicted molar refractivity (Wildman–Crippen MR) is 58.1 cm³/mol. The zero-order valence-electron chi connectivity index (χ0n) is 9.19. The first-order valence-electron chi connectivity index (χ1n) is 5.35. The Bertz CT molecular complexity index is 339. The number of aromatic amines is 1. The maximum Gasteiger partial charge on any atom is 0.287 e. The number of hydrogen-bond donors (Lipinski definition) is 3. The van der Waals surface area contributed by atoms with Crippen LogP contribution in [0.3, 0.4) is 0 Å². The predicted octanol–water partition coefficient (Wildman–Crippen LogP) is -0.484. The van der Waals surface area contributed by atoms with Gasteiger partial charge in [-0.1, -0.05) is 0 Å². The Morgan fingerprint density at radius 2 is 2.56 bits per heavy atom. The number of nitrogens with zero attached hydrogens (tertiary/aromatic N) is 1. The van der Waals surface area contributed by atoms with Crippen LogP contribution in [0.2, 0.25) is 0 Å². The molecule has 0 saturated carbocycles. The lowest BCUT2D eigenvalue weighted by molar-refractivity contribution is 0.0473. The highest BCUT2D eigenvalue weighted by atomic mass is 16.5. The van der Waals surface area contributed by atoms with Crippen LogP contribution >= 0.6 is 0 Å². The first-order valence-corrected chi connectivity index (χ1v) is 5.35. The number of carbonyl (C=O) groups excluding carboxylic acids is 1. The Kier molecular flexibility index (Phi) is 3.53. The third-order valence-electron chi connectivity index (χ3n) is 2.76. The van der Waals surface area contributed by atoms with Gasteiger partial charge in [0.15, 0.2) is 5.82 Å². The highest BCUT2D eigenvalue weighted by Crippen LogP contribution is 2.07. The minimum atomic E-state index is -0.182. The summed E-state index contributed by atoms with van der Waals surface area (Å²) in [6.07, 6.45) is 4.08. The van der Waals surface area contributed by atoms with Crippen molar-refractivity contribution in [3.63, 3.8) is 0 Å². The molecule has 0 aromatic carbocycles. The van der Waals surface area contributed by atoms with Gasteiger partial charge in [-0.25, -0.2) is 4.98 Å². The number of methoxy groups -OCH3 is 1. The molecule has 6 nitrogen and oxygen atoms in total. The maximum absolute atomic E-state index is 11.8. The molecule has 16 heavy (non-hydrogen) atoms. The minimum absolute atomic E-state index is 0.0210. The Labute approximate surface area is 93.8 Å². The normalized spacial score (nSPS) is 25.3. The Balaban J connectivity index is 1.95. The Morgan fingerprint density at radius 3 is 3.25 bits per heavy atom. The summed E-state index contributed by atoms with van der Waals surface area (Å²) in [6, 6.07) is 0.0452. The molecule has 6 heteroatoms. The van der Waals surface area contributed by atoms with Crippen molar-refractivity contribution in [2.45, 2.75) is 18.6 Å². The summed E-state index contributed by atoms with van der Waals surface area (Å²) in [5.41, 5.74) is 0. The van der Waals surface area contributed by atoms with E-state index in [4.69, 9.17) is 4.74 Å². The fraction of sp³-hybridized carbons (Fsp3) is 0.600. The van der Waals surface area contributed by atoms with Crippen LogP contribution in [-0.4, -0.2) is 48.2 Å². The monoisotopic (exact) mass is 224 g/mol. The van der Waals surface area contributed by atoms with Gasteiger partial charge in [-0.3, -0.25) is 4.79 Å². The zero-order chi connectivity index (χ0) is 11.4. The Morgan fingerprint density at radius 1 is 1.69 bits per heavy atom. The van der Waals surface area contributed by atoms with Crippen LogP contribution in [0.1, 0.15) is 17.0 Å². The molecule has 2 rings (SSSR count). The lowest BCUT2D eigenvalue weighted by Crippen LogP contribution is -2.53. The molecule has 0 bridgehead atoms. The second-order valence-corrected chi connectivity index (χ2v) is 3.78. The van der Waals surface area contributed by atoms with E-state index >= 15 is 0 Å². The van der Waals surface area contributed by atoms with E-state index in [0.29, 0.717) is 5.82 Å². The summed E-state index contributed by atoms with van der Waals surface area (Å²) < 4.78 is 5.31. The first-order chi connectivity index (χ1) is 7.81. The molecule has 1 fully saturated rings. The molecular weight excluding hydrogens is 208 g/mol. The summed E-state index contributed by atoms with van der Waals surface area (Å²) in [5.74, 6) is 0.160. The van der Waals surface area contributed by atoms with Crippen molar-refractivity contribution in [3.8, 4) is 0 Å². The molecule has 1 aromatic heterocycles. The van der Waals surface area contributed by atoms with E-state index in [0.717, 1.165) is 19.5 Å². The third-order valence-corrected chi connectivity index (χ3v) is 2.76. The summed E-state index contributed by atoms with van der Waals surface area (Å²) in [6.45, 7) is 1.66. The SMILES string of the molecule is COC1CNCCC1NC(=O)c1ncc[nH]1. The number of imidazole rings is 1. The second kappa shape index (κ2) is 5.09. The summed E-state index contributed by atoms with van der Waals surface area (Å²) >= 11 is 0. The number of amides is 1. The summed E-state index contributed by atoms with van der Waals surface area (Å²) in [7, 11) is 1.66. The molecule has 1 amide bonds. The number of piperidine rings is 1. The van der Waals surface area contributed by atoms with Gasteiger partial charge in [-0.15, -0.1) is 0 Å². The van der Waals surface area contributed by atoms with E-state index in [1.165, 1.54) is 0 Å². The Hall–Kier alpha value is -1.40. The molecule has 3 N–H and O–H groups in total. The molecule has 0 aliphatic carbocycles. The van der Waals surface area contributed by atoms with Crippen LogP contribution in [0.25, 0.3) is 0 Å². The molecule has 2 atom stereocenters. The van der Waals surface area contributed by atoms with E-state index in [9.17, 15) is 4.79 Å². The average Bonchev–Trinajstić information content (AvgIpc) is 2.83. The van der Waals surface area contributed by atoms with Gasteiger partial charge in [0.25, 0.3) is 5.91 Å². The van der Waals surface area contributed by atoms with Gasteiger partial charge in [0.05, 0.1) is 12.1 Å². The smallest absolute Gasteiger partial charge is 0.287 e. The molecule has 2 unspecified atom stereocenters. The average molecular weight is 224 g/mol. The van der Waals surface area contributed by atoms with E-state index in [1.807, 2.05) is 0 Å². The van der Waals surface area contributed by atoms with E-state index in [2.05, 4.69) is 20.6 Å². The molecule has 0 spiro atoms. The minimum Gasteiger partial charge on any atom is -0.378 e. The number of H-pyrrole nitrogens is 1. The van der Waals surface area contributed by atoms with Gasteiger partial charge < -0.3 is 20.4 Å². The van der Waals surface area contributed by atoms with E-state index in [-0.39, 0.29) is 18.1 Å². The topological polar surface area (TPSA) is 79.0 Å². The zero-order valence-corrected chi connectivity index (χ0v) is 9.19. The van der Waals surface area contributed by atoms with Crippen molar-refractivity contribution in [2.24, 2.45) is 0 Å². The van der Waals surface area contributed by atoms with Gasteiger partial charge in [-0.2, -0.15) is 0 Å². The molecule has 1 aromatic rings. The van der Waals surface area contributed by atoms with E-state index < -0.39 is 0 Å². The number of carbonyl (C=O) groups is 1. The third kappa shape index (κ3) is 2.40. The number of rotatable bonds is 3. The van der Waals surface area contributed by atoms with Gasteiger partial charge in [-0.05, 0) is 13.0 Å². The second-order valence-electron chi connectivity index (χ2n) is 3.78. The molecule has 0 radical (unpaired) electrons. The lowest BCUT2D eigenvalue weighted by Gasteiger charge is -2.31. The molecule has 1 aliphatic rings. The van der Waals surface area contributed by atoms with Gasteiger partial charge in [0.1, 0.15) is 0 Å². The quantitative estimate of drug-likeness (QED) is 0.647. The first kappa shape index (κ1) is 11.1. The fourth-order valence-corrected chi connectivity index (χ4v) is 1.87. The van der Waals surface area contributed by atoms with Crippen molar-refractivity contribution in [3.05, 3.63) is 18.2 Å². The van der Waals surface area contributed by atoms with E-state index in [1.54, 1.807) is 19.5 Å². The van der Waals surface area contributed by atoms with Crippen LogP contribution in [0.4, 0.5) is 0 Å². The number of hydrogen-bond acceptors (Lipinski definition) is 4. The number of nitrogens with one attached hydrogen (secondary N) is 3. The summed E-state index contributed by atoms with van der Waals surface area (Å²) in [5, 5.41) is 6.15. The van der Waals surface area contributed by atoms with Gasteiger partial charge >= 0.3 is 0 Å². The number of aromatic nitrogens is 2. The van der Waals surface area contributed by atoms with Crippen molar-refractivity contribution >= 4 is 5.91 Å². The van der Waals surface area contributed by atoms with Crippen molar-refractivity contribution in [2.75, 3.05) is 20.2 Å². The van der Waals surface area contributed by atoms with Gasteiger partial charge in [0, 0.05) is 26.0 Å². The summed E-state index contributed by atoms with van der Waals surface area (Å²) in [4.78, 5) is 18.4. The highest BCUT2D eigenvalue weighted by Gasteiger charge is 2.26. The molecule has 2 heterocycles. The van der Waals surface area contributed by atoms with Gasteiger partial charge in [0.2, 0.25) is 0 Å². The number of ether oxygens (including phenoxy) is 1. The fourth-order valence-electron chi connectivity index (χ4n) is 1.87.